The lowest BCUT2D eigenvalue weighted by molar-refractivity contribution is -0.116. The first kappa shape index (κ1) is 17.0. The number of carbonyl (C=O) groups is 2. The Morgan fingerprint density at radius 3 is 2.71 bits per heavy atom. The van der Waals surface area contributed by atoms with Crippen LogP contribution in [0.2, 0.25) is 4.34 Å². The van der Waals surface area contributed by atoms with Gasteiger partial charge in [-0.25, -0.2) is 0 Å². The van der Waals surface area contributed by atoms with Gasteiger partial charge in [0.1, 0.15) is 0 Å². The van der Waals surface area contributed by atoms with Gasteiger partial charge in [0.25, 0.3) is 5.91 Å². The van der Waals surface area contributed by atoms with Crippen LogP contribution in [-0.2, 0) is 17.8 Å². The molecular formula is C18H19ClN2O2S. The summed E-state index contributed by atoms with van der Waals surface area (Å²) in [5.74, 6) is 0.0451. The molecule has 0 aliphatic carbocycles. The Morgan fingerprint density at radius 2 is 2.08 bits per heavy atom. The van der Waals surface area contributed by atoms with E-state index in [0.29, 0.717) is 25.2 Å². The third kappa shape index (κ3) is 3.32. The van der Waals surface area contributed by atoms with E-state index in [9.17, 15) is 9.59 Å². The molecule has 0 saturated carbocycles. The molecule has 0 saturated heterocycles. The van der Waals surface area contributed by atoms with Crippen molar-refractivity contribution in [3.05, 3.63) is 50.7 Å². The summed E-state index contributed by atoms with van der Waals surface area (Å²) < 4.78 is 0.732. The van der Waals surface area contributed by atoms with Crippen LogP contribution in [0.4, 0.5) is 5.69 Å². The Kier molecular flexibility index (Phi) is 4.92. The van der Waals surface area contributed by atoms with Crippen LogP contribution >= 0.6 is 22.9 Å². The minimum atomic E-state index is 0.00565. The molecular weight excluding hydrogens is 344 g/mol. The summed E-state index contributed by atoms with van der Waals surface area (Å²) in [5, 5.41) is 0. The summed E-state index contributed by atoms with van der Waals surface area (Å²) in [6, 6.07) is 9.42. The van der Waals surface area contributed by atoms with E-state index in [1.165, 1.54) is 11.3 Å². The Labute approximate surface area is 150 Å². The summed E-state index contributed by atoms with van der Waals surface area (Å²) in [6.45, 7) is 5.42. The standard InChI is InChI=1S/C18H19ClN2O2S/c1-3-20(11-15-5-7-17(19)24-15)18(23)14-4-6-16-13(10-14)8-9-21(16)12(2)22/h4-7,10H,3,8-9,11H2,1-2H3. The highest BCUT2D eigenvalue weighted by Crippen LogP contribution is 2.29. The van der Waals surface area contributed by atoms with E-state index in [1.807, 2.05) is 42.2 Å². The number of halogens is 1. The van der Waals surface area contributed by atoms with Gasteiger partial charge < -0.3 is 9.80 Å². The van der Waals surface area contributed by atoms with Crippen LogP contribution in [0.5, 0.6) is 0 Å². The van der Waals surface area contributed by atoms with Crippen molar-refractivity contribution < 1.29 is 9.59 Å². The number of nitrogens with zero attached hydrogens (tertiary/aromatic N) is 2. The zero-order chi connectivity index (χ0) is 17.3. The van der Waals surface area contributed by atoms with Crippen LogP contribution in [-0.4, -0.2) is 29.8 Å². The molecule has 2 heterocycles. The molecule has 2 aromatic rings. The Bertz CT molecular complexity index is 787. The first-order chi connectivity index (χ1) is 11.5. The molecule has 0 atom stereocenters. The average Bonchev–Trinajstić information content (AvgIpc) is 3.17. The normalized spacial score (nSPS) is 13.0. The number of anilines is 1. The fourth-order valence-electron chi connectivity index (χ4n) is 3.00. The summed E-state index contributed by atoms with van der Waals surface area (Å²) >= 11 is 7.46. The van der Waals surface area contributed by atoms with Gasteiger partial charge in [0.2, 0.25) is 5.91 Å². The van der Waals surface area contributed by atoms with E-state index in [4.69, 9.17) is 11.6 Å². The molecule has 0 radical (unpaired) electrons. The van der Waals surface area contributed by atoms with Crippen LogP contribution in [0.1, 0.15) is 34.6 Å². The second-order valence-electron chi connectivity index (χ2n) is 5.79. The number of thiophene rings is 1. The summed E-state index contributed by atoms with van der Waals surface area (Å²) in [7, 11) is 0. The average molecular weight is 363 g/mol. The minimum Gasteiger partial charge on any atom is -0.334 e. The zero-order valence-corrected chi connectivity index (χ0v) is 15.3. The molecule has 2 amide bonds. The molecule has 4 nitrogen and oxygen atoms in total. The van der Waals surface area contributed by atoms with Gasteiger partial charge in [-0.15, -0.1) is 11.3 Å². The molecule has 3 rings (SSSR count). The van der Waals surface area contributed by atoms with Crippen molar-refractivity contribution in [1.82, 2.24) is 4.90 Å². The van der Waals surface area contributed by atoms with E-state index in [-0.39, 0.29) is 11.8 Å². The summed E-state index contributed by atoms with van der Waals surface area (Å²) in [6.07, 6.45) is 0.794. The number of carbonyl (C=O) groups excluding carboxylic acids is 2. The van der Waals surface area contributed by atoms with Crippen molar-refractivity contribution >= 4 is 40.4 Å². The van der Waals surface area contributed by atoms with Gasteiger partial charge in [0.15, 0.2) is 0 Å². The van der Waals surface area contributed by atoms with Gasteiger partial charge in [-0.1, -0.05) is 11.6 Å². The molecule has 0 unspecified atom stereocenters. The molecule has 1 aliphatic heterocycles. The SMILES string of the molecule is CCN(Cc1ccc(Cl)s1)C(=O)c1ccc2c(c1)CCN2C(C)=O. The van der Waals surface area contributed by atoms with E-state index >= 15 is 0 Å². The maximum absolute atomic E-state index is 12.8. The summed E-state index contributed by atoms with van der Waals surface area (Å²) in [4.78, 5) is 29.1. The number of amides is 2. The molecule has 6 heteroatoms. The Hall–Kier alpha value is -1.85. The third-order valence-electron chi connectivity index (χ3n) is 4.25. The van der Waals surface area contributed by atoms with Crippen LogP contribution in [0.3, 0.4) is 0 Å². The quantitative estimate of drug-likeness (QED) is 0.825. The predicted molar refractivity (Wildman–Crippen MR) is 97.9 cm³/mol. The topological polar surface area (TPSA) is 40.6 Å². The van der Waals surface area contributed by atoms with Gasteiger partial charge in [-0.2, -0.15) is 0 Å². The van der Waals surface area contributed by atoms with Gasteiger partial charge in [-0.3, -0.25) is 9.59 Å². The fourth-order valence-corrected chi connectivity index (χ4v) is 4.10. The van der Waals surface area contributed by atoms with Gasteiger partial charge in [0, 0.05) is 36.1 Å². The van der Waals surface area contributed by atoms with Crippen molar-refractivity contribution in [2.45, 2.75) is 26.8 Å². The highest BCUT2D eigenvalue weighted by molar-refractivity contribution is 7.16. The molecule has 1 aliphatic rings. The molecule has 0 N–H and O–H groups in total. The van der Waals surface area contributed by atoms with Crippen LogP contribution in [0.25, 0.3) is 0 Å². The Balaban J connectivity index is 1.80. The highest BCUT2D eigenvalue weighted by Gasteiger charge is 2.24. The van der Waals surface area contributed by atoms with Gasteiger partial charge in [-0.05, 0) is 49.2 Å². The van der Waals surface area contributed by atoms with Gasteiger partial charge >= 0.3 is 0 Å². The maximum atomic E-state index is 12.8. The monoisotopic (exact) mass is 362 g/mol. The zero-order valence-electron chi connectivity index (χ0n) is 13.7. The molecule has 0 fully saturated rings. The second kappa shape index (κ2) is 6.95. The van der Waals surface area contributed by atoms with Crippen molar-refractivity contribution in [3.8, 4) is 0 Å². The van der Waals surface area contributed by atoms with E-state index in [0.717, 1.165) is 26.9 Å². The number of hydrogen-bond acceptors (Lipinski definition) is 3. The summed E-state index contributed by atoms with van der Waals surface area (Å²) in [5.41, 5.74) is 2.65. The lowest BCUT2D eigenvalue weighted by atomic mass is 10.1. The lowest BCUT2D eigenvalue weighted by Gasteiger charge is -2.21. The molecule has 0 spiro atoms. The number of benzene rings is 1. The van der Waals surface area contributed by atoms with Crippen LogP contribution < -0.4 is 4.90 Å². The number of hydrogen-bond donors (Lipinski definition) is 0. The number of fused-ring (bicyclic) bond motifs is 1. The first-order valence-electron chi connectivity index (χ1n) is 7.94. The molecule has 24 heavy (non-hydrogen) atoms. The van der Waals surface area contributed by atoms with Crippen molar-refractivity contribution in [1.29, 1.82) is 0 Å². The maximum Gasteiger partial charge on any atom is 0.254 e. The lowest BCUT2D eigenvalue weighted by Crippen LogP contribution is -2.30. The smallest absolute Gasteiger partial charge is 0.254 e. The number of rotatable bonds is 4. The largest absolute Gasteiger partial charge is 0.334 e. The first-order valence-corrected chi connectivity index (χ1v) is 9.13. The molecule has 126 valence electrons. The van der Waals surface area contributed by atoms with E-state index < -0.39 is 0 Å². The third-order valence-corrected chi connectivity index (χ3v) is 5.46. The molecule has 0 bridgehead atoms. The van der Waals surface area contributed by atoms with E-state index in [1.54, 1.807) is 11.8 Å². The predicted octanol–water partition coefficient (Wildman–Crippen LogP) is 3.97. The highest BCUT2D eigenvalue weighted by atomic mass is 35.5. The van der Waals surface area contributed by atoms with E-state index in [2.05, 4.69) is 0 Å². The molecule has 1 aromatic heterocycles. The van der Waals surface area contributed by atoms with Crippen molar-refractivity contribution in [2.75, 3.05) is 18.0 Å². The van der Waals surface area contributed by atoms with Crippen LogP contribution in [0.15, 0.2) is 30.3 Å². The molecule has 1 aromatic carbocycles. The van der Waals surface area contributed by atoms with Crippen LogP contribution in [0, 0.1) is 0 Å². The fraction of sp³-hybridized carbons (Fsp3) is 0.333. The van der Waals surface area contributed by atoms with Gasteiger partial charge in [0.05, 0.1) is 10.9 Å². The second-order valence-corrected chi connectivity index (χ2v) is 7.59. The van der Waals surface area contributed by atoms with Crippen molar-refractivity contribution in [2.24, 2.45) is 0 Å². The Morgan fingerprint density at radius 1 is 1.29 bits per heavy atom. The minimum absolute atomic E-state index is 0.00565. The van der Waals surface area contributed by atoms with Crippen molar-refractivity contribution in [3.63, 3.8) is 0 Å².